The van der Waals surface area contributed by atoms with Crippen LogP contribution in [-0.2, 0) is 4.74 Å². The number of carbonyl (C=O) groups is 1. The zero-order valence-corrected chi connectivity index (χ0v) is 18.1. The second kappa shape index (κ2) is 8.29. The summed E-state index contributed by atoms with van der Waals surface area (Å²) >= 11 is 5.56. The van der Waals surface area contributed by atoms with Crippen molar-refractivity contribution in [3.05, 3.63) is 53.1 Å². The lowest BCUT2D eigenvalue weighted by atomic mass is 9.89. The van der Waals surface area contributed by atoms with Gasteiger partial charge in [-0.1, -0.05) is 6.07 Å². The van der Waals surface area contributed by atoms with Crippen LogP contribution >= 0.6 is 12.2 Å². The van der Waals surface area contributed by atoms with Gasteiger partial charge in [-0.25, -0.2) is 4.79 Å². The molecule has 7 heteroatoms. The highest BCUT2D eigenvalue weighted by molar-refractivity contribution is 7.80. The van der Waals surface area contributed by atoms with Crippen LogP contribution in [0.2, 0.25) is 0 Å². The van der Waals surface area contributed by atoms with Crippen LogP contribution in [0.3, 0.4) is 0 Å². The summed E-state index contributed by atoms with van der Waals surface area (Å²) in [5, 5.41) is 7.07. The van der Waals surface area contributed by atoms with Crippen LogP contribution < -0.4 is 20.1 Å². The standard InChI is InChI=1S/C22H26N2O4S/c1-13-15(20(25)27-5)7-6-8-17(13)23-21(29)24-18-12-22(2,3)28-19-11-14(26-4)9-10-16(18)19/h6-11,18H,12H2,1-5H3,(H2,23,24,29)/t18-/m1/s1. The van der Waals surface area contributed by atoms with E-state index < -0.39 is 0 Å². The summed E-state index contributed by atoms with van der Waals surface area (Å²) in [5.41, 5.74) is 2.71. The van der Waals surface area contributed by atoms with Gasteiger partial charge in [0.25, 0.3) is 0 Å². The van der Waals surface area contributed by atoms with Gasteiger partial charge in [0.15, 0.2) is 5.11 Å². The average Bonchev–Trinajstić information content (AvgIpc) is 2.67. The van der Waals surface area contributed by atoms with Crippen molar-refractivity contribution in [2.24, 2.45) is 0 Å². The quantitative estimate of drug-likeness (QED) is 0.568. The molecular formula is C22H26N2O4S. The van der Waals surface area contributed by atoms with E-state index in [4.69, 9.17) is 26.4 Å². The van der Waals surface area contributed by atoms with E-state index in [0.29, 0.717) is 10.7 Å². The van der Waals surface area contributed by atoms with E-state index in [-0.39, 0.29) is 17.6 Å². The topological polar surface area (TPSA) is 68.8 Å². The number of carbonyl (C=O) groups excluding carboxylic acids is 1. The number of benzene rings is 2. The molecule has 2 N–H and O–H groups in total. The van der Waals surface area contributed by atoms with Crippen molar-refractivity contribution in [3.63, 3.8) is 0 Å². The minimum atomic E-state index is -0.376. The lowest BCUT2D eigenvalue weighted by Crippen LogP contribution is -2.42. The van der Waals surface area contributed by atoms with Gasteiger partial charge < -0.3 is 24.8 Å². The van der Waals surface area contributed by atoms with Crippen LogP contribution in [0, 0.1) is 6.92 Å². The van der Waals surface area contributed by atoms with Crippen LogP contribution in [0.5, 0.6) is 11.5 Å². The van der Waals surface area contributed by atoms with Gasteiger partial charge in [0.05, 0.1) is 25.8 Å². The molecule has 0 saturated heterocycles. The molecule has 154 valence electrons. The van der Waals surface area contributed by atoms with Gasteiger partial charge in [-0.05, 0) is 62.8 Å². The number of nitrogens with one attached hydrogen (secondary N) is 2. The predicted molar refractivity (Wildman–Crippen MR) is 117 cm³/mol. The Bertz CT molecular complexity index is 942. The molecule has 0 unspecified atom stereocenters. The molecule has 0 spiro atoms. The molecule has 1 aliphatic rings. The SMILES string of the molecule is COC(=O)c1cccc(NC(=S)N[C@@H]2CC(C)(C)Oc3cc(OC)ccc32)c1C. The molecule has 3 rings (SSSR count). The highest BCUT2D eigenvalue weighted by Gasteiger charge is 2.34. The molecule has 29 heavy (non-hydrogen) atoms. The highest BCUT2D eigenvalue weighted by Crippen LogP contribution is 2.41. The number of fused-ring (bicyclic) bond motifs is 1. The second-order valence-electron chi connectivity index (χ2n) is 7.59. The molecule has 1 aliphatic heterocycles. The van der Waals surface area contributed by atoms with E-state index in [1.165, 1.54) is 7.11 Å². The van der Waals surface area contributed by atoms with Gasteiger partial charge in [-0.2, -0.15) is 0 Å². The van der Waals surface area contributed by atoms with Gasteiger partial charge in [-0.15, -0.1) is 0 Å². The van der Waals surface area contributed by atoms with Gasteiger partial charge >= 0.3 is 5.97 Å². The van der Waals surface area contributed by atoms with Crippen LogP contribution in [0.25, 0.3) is 0 Å². The lowest BCUT2D eigenvalue weighted by Gasteiger charge is -2.38. The zero-order valence-electron chi connectivity index (χ0n) is 17.3. The summed E-state index contributed by atoms with van der Waals surface area (Å²) in [6.07, 6.45) is 0.745. The molecule has 2 aromatic carbocycles. The Balaban J connectivity index is 1.80. The Hall–Kier alpha value is -2.80. The maximum atomic E-state index is 11.9. The van der Waals surface area contributed by atoms with E-state index >= 15 is 0 Å². The first-order valence-corrected chi connectivity index (χ1v) is 9.77. The summed E-state index contributed by atoms with van der Waals surface area (Å²) in [4.78, 5) is 11.9. The Kier molecular flexibility index (Phi) is 5.98. The monoisotopic (exact) mass is 414 g/mol. The molecule has 0 aliphatic carbocycles. The lowest BCUT2D eigenvalue weighted by molar-refractivity contribution is 0.0599. The zero-order chi connectivity index (χ0) is 21.2. The number of hydrogen-bond acceptors (Lipinski definition) is 5. The molecule has 0 bridgehead atoms. The summed E-state index contributed by atoms with van der Waals surface area (Å²) in [5.74, 6) is 1.15. The fourth-order valence-corrected chi connectivity index (χ4v) is 3.76. The normalized spacial score (nSPS) is 16.8. The first-order chi connectivity index (χ1) is 13.7. The first-order valence-electron chi connectivity index (χ1n) is 9.36. The fourth-order valence-electron chi connectivity index (χ4n) is 3.51. The van der Waals surface area contributed by atoms with Gasteiger partial charge in [-0.3, -0.25) is 0 Å². The fraction of sp³-hybridized carbons (Fsp3) is 0.364. The smallest absolute Gasteiger partial charge is 0.338 e. The molecule has 0 amide bonds. The van der Waals surface area contributed by atoms with Crippen molar-refractivity contribution in [2.45, 2.75) is 38.8 Å². The van der Waals surface area contributed by atoms with Gasteiger partial charge in [0, 0.05) is 23.7 Å². The number of rotatable bonds is 4. The molecule has 1 heterocycles. The highest BCUT2D eigenvalue weighted by atomic mass is 32.1. The molecule has 0 saturated carbocycles. The number of hydrogen-bond donors (Lipinski definition) is 2. The largest absolute Gasteiger partial charge is 0.497 e. The van der Waals surface area contributed by atoms with Crippen molar-refractivity contribution in [3.8, 4) is 11.5 Å². The van der Waals surface area contributed by atoms with Gasteiger partial charge in [0.1, 0.15) is 17.1 Å². The third kappa shape index (κ3) is 4.62. The van der Waals surface area contributed by atoms with E-state index in [0.717, 1.165) is 34.7 Å². The van der Waals surface area contributed by atoms with Crippen LogP contribution in [0.4, 0.5) is 5.69 Å². The third-order valence-electron chi connectivity index (χ3n) is 4.97. The molecule has 0 radical (unpaired) electrons. The number of ether oxygens (including phenoxy) is 3. The minimum absolute atomic E-state index is 0.0243. The number of esters is 1. The van der Waals surface area contributed by atoms with Crippen LogP contribution in [0.1, 0.15) is 47.8 Å². The van der Waals surface area contributed by atoms with Crippen molar-refractivity contribution in [1.29, 1.82) is 0 Å². The van der Waals surface area contributed by atoms with E-state index in [2.05, 4.69) is 10.6 Å². The second-order valence-corrected chi connectivity index (χ2v) is 8.00. The Morgan fingerprint density at radius 2 is 2.00 bits per heavy atom. The van der Waals surface area contributed by atoms with Crippen LogP contribution in [0.15, 0.2) is 36.4 Å². The summed E-state index contributed by atoms with van der Waals surface area (Å²) in [6.45, 7) is 5.95. The molecule has 2 aromatic rings. The molecule has 0 fully saturated rings. The van der Waals surface area contributed by atoms with Crippen molar-refractivity contribution < 1.29 is 19.0 Å². The minimum Gasteiger partial charge on any atom is -0.497 e. The number of methoxy groups -OCH3 is 2. The molecule has 1 atom stereocenters. The summed E-state index contributed by atoms with van der Waals surface area (Å²) in [7, 11) is 3.00. The van der Waals surface area contributed by atoms with Gasteiger partial charge in [0.2, 0.25) is 0 Å². The Labute approximate surface area is 176 Å². The predicted octanol–water partition coefficient (Wildman–Crippen LogP) is 4.38. The number of thiocarbonyl (C=S) groups is 1. The van der Waals surface area contributed by atoms with Crippen molar-refractivity contribution >= 4 is 29.0 Å². The van der Waals surface area contributed by atoms with E-state index in [1.54, 1.807) is 19.2 Å². The maximum absolute atomic E-state index is 11.9. The Morgan fingerprint density at radius 1 is 1.24 bits per heavy atom. The number of anilines is 1. The van der Waals surface area contributed by atoms with Crippen molar-refractivity contribution in [2.75, 3.05) is 19.5 Å². The molecule has 0 aromatic heterocycles. The van der Waals surface area contributed by atoms with E-state index in [1.807, 2.05) is 45.0 Å². The summed E-state index contributed by atoms with van der Waals surface area (Å²) in [6, 6.07) is 11.2. The van der Waals surface area contributed by atoms with E-state index in [9.17, 15) is 4.79 Å². The maximum Gasteiger partial charge on any atom is 0.338 e. The first kappa shape index (κ1) is 20.9. The van der Waals surface area contributed by atoms with Crippen LogP contribution in [-0.4, -0.2) is 30.9 Å². The molecule has 6 nitrogen and oxygen atoms in total. The average molecular weight is 415 g/mol. The Morgan fingerprint density at radius 3 is 2.69 bits per heavy atom. The van der Waals surface area contributed by atoms with Crippen molar-refractivity contribution in [1.82, 2.24) is 5.32 Å². The third-order valence-corrected chi connectivity index (χ3v) is 5.19. The summed E-state index contributed by atoms with van der Waals surface area (Å²) < 4.78 is 16.3. The molecular weight excluding hydrogens is 388 g/mol.